The summed E-state index contributed by atoms with van der Waals surface area (Å²) in [6, 6.07) is 6.91. The maximum atomic E-state index is 12.6. The number of amides is 5. The third-order valence-electron chi connectivity index (χ3n) is 6.29. The summed E-state index contributed by atoms with van der Waals surface area (Å²) in [6.07, 6.45) is 1.52. The van der Waals surface area contributed by atoms with Gasteiger partial charge in [-0.25, -0.2) is 0 Å². The van der Waals surface area contributed by atoms with Gasteiger partial charge in [0.05, 0.1) is 13.0 Å². The van der Waals surface area contributed by atoms with Gasteiger partial charge in [-0.2, -0.15) is 0 Å². The van der Waals surface area contributed by atoms with Crippen LogP contribution in [0, 0.1) is 5.92 Å². The second-order valence-corrected chi connectivity index (χ2v) is 9.86. The Bertz CT molecular complexity index is 962. The molecule has 1 fully saturated rings. The van der Waals surface area contributed by atoms with E-state index in [2.05, 4.69) is 0 Å². The number of anilines is 1. The number of likely N-dealkylation sites (tertiary alicyclic amines) is 1. The second kappa shape index (κ2) is 14.5. The van der Waals surface area contributed by atoms with Crippen LogP contribution in [0.5, 0.6) is 0 Å². The SMILES string of the molecule is CC(C)CC(=O)N(C)CCCOCCN(C)C(=O)CC(=O)N(C)c1ccc(CC(=O)N2CCC2=O)cc1. The van der Waals surface area contributed by atoms with Gasteiger partial charge in [0, 0.05) is 65.9 Å². The largest absolute Gasteiger partial charge is 0.380 e. The number of benzene rings is 1. The number of rotatable bonds is 14. The number of ether oxygens (including phenoxy) is 1. The zero-order chi connectivity index (χ0) is 27.5. The molecular formula is C27H40N4O6. The predicted molar refractivity (Wildman–Crippen MR) is 140 cm³/mol. The van der Waals surface area contributed by atoms with Crippen LogP contribution in [0.15, 0.2) is 24.3 Å². The molecule has 1 aliphatic rings. The molecule has 0 N–H and O–H groups in total. The van der Waals surface area contributed by atoms with Crippen LogP contribution in [0.3, 0.4) is 0 Å². The highest BCUT2D eigenvalue weighted by atomic mass is 16.5. The van der Waals surface area contributed by atoms with Crippen LogP contribution in [0.2, 0.25) is 0 Å². The Labute approximate surface area is 219 Å². The smallest absolute Gasteiger partial charge is 0.236 e. The van der Waals surface area contributed by atoms with E-state index in [1.807, 2.05) is 13.8 Å². The van der Waals surface area contributed by atoms with E-state index >= 15 is 0 Å². The summed E-state index contributed by atoms with van der Waals surface area (Å²) in [5.41, 5.74) is 1.36. The van der Waals surface area contributed by atoms with Gasteiger partial charge in [-0.05, 0) is 30.0 Å². The lowest BCUT2D eigenvalue weighted by Crippen LogP contribution is -2.48. The summed E-state index contributed by atoms with van der Waals surface area (Å²) in [7, 11) is 5.02. The second-order valence-electron chi connectivity index (χ2n) is 9.86. The monoisotopic (exact) mass is 516 g/mol. The summed E-state index contributed by atoms with van der Waals surface area (Å²) in [5, 5.41) is 0. The molecule has 0 bridgehead atoms. The van der Waals surface area contributed by atoms with Gasteiger partial charge in [0.1, 0.15) is 6.42 Å². The van der Waals surface area contributed by atoms with Crippen molar-refractivity contribution in [2.24, 2.45) is 5.92 Å². The van der Waals surface area contributed by atoms with Crippen LogP contribution in [-0.2, 0) is 35.1 Å². The summed E-state index contributed by atoms with van der Waals surface area (Å²) in [5.74, 6) is -0.567. The fraction of sp³-hybridized carbons (Fsp3) is 0.593. The van der Waals surface area contributed by atoms with Crippen molar-refractivity contribution in [3.05, 3.63) is 29.8 Å². The third kappa shape index (κ3) is 9.60. The highest BCUT2D eigenvalue weighted by molar-refractivity contribution is 6.04. The first kappa shape index (κ1) is 30.0. The minimum Gasteiger partial charge on any atom is -0.380 e. The summed E-state index contributed by atoms with van der Waals surface area (Å²) >= 11 is 0. The number of imide groups is 1. The van der Waals surface area contributed by atoms with E-state index in [0.717, 1.165) is 5.56 Å². The number of likely N-dealkylation sites (N-methyl/N-ethyl adjacent to an activating group) is 1. The number of nitrogens with zero attached hydrogens (tertiary/aromatic N) is 4. The van der Waals surface area contributed by atoms with Gasteiger partial charge in [0.15, 0.2) is 0 Å². The molecule has 10 heteroatoms. The van der Waals surface area contributed by atoms with Gasteiger partial charge >= 0.3 is 0 Å². The molecule has 1 aliphatic heterocycles. The Balaban J connectivity index is 1.67. The standard InChI is InChI=1S/C27H40N4O6/c1-20(2)17-24(33)28(3)12-6-15-37-16-14-29(4)25(34)19-26(35)30(5)22-9-7-21(8-10-22)18-27(36)31-13-11-23(31)32/h7-10,20H,6,11-19H2,1-5H3. The van der Waals surface area contributed by atoms with Crippen molar-refractivity contribution in [3.8, 4) is 0 Å². The van der Waals surface area contributed by atoms with Gasteiger partial charge in [-0.15, -0.1) is 0 Å². The van der Waals surface area contributed by atoms with E-state index in [1.54, 1.807) is 50.3 Å². The Morgan fingerprint density at radius 2 is 1.57 bits per heavy atom. The molecule has 1 aromatic carbocycles. The quantitative estimate of drug-likeness (QED) is 0.212. The number of β-lactam (4-membered cyclic amide) rings is 1. The molecule has 0 aromatic heterocycles. The number of hydrogen-bond donors (Lipinski definition) is 0. The van der Waals surface area contributed by atoms with Crippen LogP contribution < -0.4 is 4.90 Å². The molecule has 0 unspecified atom stereocenters. The lowest BCUT2D eigenvalue weighted by Gasteiger charge is -2.28. The molecule has 204 valence electrons. The van der Waals surface area contributed by atoms with E-state index < -0.39 is 0 Å². The average molecular weight is 517 g/mol. The Morgan fingerprint density at radius 1 is 0.919 bits per heavy atom. The Morgan fingerprint density at radius 3 is 2.14 bits per heavy atom. The molecule has 37 heavy (non-hydrogen) atoms. The first-order chi connectivity index (χ1) is 17.5. The van der Waals surface area contributed by atoms with Crippen LogP contribution in [0.25, 0.3) is 0 Å². The Hall–Kier alpha value is -3.27. The van der Waals surface area contributed by atoms with Crippen molar-refractivity contribution < 1.29 is 28.7 Å². The molecule has 5 amide bonds. The summed E-state index contributed by atoms with van der Waals surface area (Å²) in [4.78, 5) is 66.4. The molecule has 1 saturated heterocycles. The van der Waals surface area contributed by atoms with Crippen molar-refractivity contribution in [2.45, 2.75) is 46.0 Å². The first-order valence-electron chi connectivity index (χ1n) is 12.7. The molecule has 2 rings (SSSR count). The normalized spacial score (nSPS) is 12.8. The molecule has 0 aliphatic carbocycles. The van der Waals surface area contributed by atoms with Gasteiger partial charge < -0.3 is 19.4 Å². The van der Waals surface area contributed by atoms with E-state index in [9.17, 15) is 24.0 Å². The molecule has 0 spiro atoms. The van der Waals surface area contributed by atoms with Crippen LogP contribution in [0.4, 0.5) is 5.69 Å². The lowest BCUT2D eigenvalue weighted by molar-refractivity contribution is -0.152. The van der Waals surface area contributed by atoms with Crippen LogP contribution in [-0.4, -0.2) is 98.2 Å². The minimum atomic E-state index is -0.345. The highest BCUT2D eigenvalue weighted by Crippen LogP contribution is 2.17. The molecule has 1 aromatic rings. The van der Waals surface area contributed by atoms with Crippen LogP contribution >= 0.6 is 0 Å². The lowest BCUT2D eigenvalue weighted by atomic mass is 10.1. The van der Waals surface area contributed by atoms with E-state index in [1.165, 1.54) is 14.7 Å². The van der Waals surface area contributed by atoms with Crippen molar-refractivity contribution in [2.75, 3.05) is 58.9 Å². The molecule has 0 saturated carbocycles. The van der Waals surface area contributed by atoms with E-state index in [-0.39, 0.29) is 42.4 Å². The first-order valence-corrected chi connectivity index (χ1v) is 12.7. The minimum absolute atomic E-state index is 0.126. The highest BCUT2D eigenvalue weighted by Gasteiger charge is 2.29. The van der Waals surface area contributed by atoms with Crippen molar-refractivity contribution >= 4 is 35.2 Å². The zero-order valence-corrected chi connectivity index (χ0v) is 22.7. The van der Waals surface area contributed by atoms with Gasteiger partial charge in [0.25, 0.3) is 0 Å². The van der Waals surface area contributed by atoms with E-state index in [4.69, 9.17) is 4.74 Å². The third-order valence-corrected chi connectivity index (χ3v) is 6.29. The van der Waals surface area contributed by atoms with Crippen LogP contribution in [0.1, 0.15) is 45.1 Å². The maximum Gasteiger partial charge on any atom is 0.236 e. The average Bonchev–Trinajstić information content (AvgIpc) is 2.84. The summed E-state index contributed by atoms with van der Waals surface area (Å²) in [6.45, 7) is 6.32. The molecule has 0 radical (unpaired) electrons. The van der Waals surface area contributed by atoms with Crippen molar-refractivity contribution in [3.63, 3.8) is 0 Å². The fourth-order valence-corrected chi connectivity index (χ4v) is 3.67. The molecule has 1 heterocycles. The van der Waals surface area contributed by atoms with E-state index in [0.29, 0.717) is 63.7 Å². The number of carbonyl (C=O) groups is 5. The van der Waals surface area contributed by atoms with Crippen molar-refractivity contribution in [1.82, 2.24) is 14.7 Å². The van der Waals surface area contributed by atoms with Gasteiger partial charge in [-0.3, -0.25) is 28.9 Å². The summed E-state index contributed by atoms with van der Waals surface area (Å²) < 4.78 is 5.58. The number of carbonyl (C=O) groups excluding carboxylic acids is 5. The zero-order valence-electron chi connectivity index (χ0n) is 22.7. The van der Waals surface area contributed by atoms with Crippen molar-refractivity contribution in [1.29, 1.82) is 0 Å². The Kier molecular flexibility index (Phi) is 11.7. The predicted octanol–water partition coefficient (Wildman–Crippen LogP) is 1.71. The molecular weight excluding hydrogens is 476 g/mol. The molecule has 0 atom stereocenters. The molecule has 10 nitrogen and oxygen atoms in total. The maximum absolute atomic E-state index is 12.6. The topological polar surface area (TPSA) is 108 Å². The fourth-order valence-electron chi connectivity index (χ4n) is 3.67. The number of hydrogen-bond acceptors (Lipinski definition) is 6. The van der Waals surface area contributed by atoms with Gasteiger partial charge in [-0.1, -0.05) is 26.0 Å². The van der Waals surface area contributed by atoms with Gasteiger partial charge in [0.2, 0.25) is 29.5 Å².